The van der Waals surface area contributed by atoms with E-state index in [0.29, 0.717) is 18.7 Å². The minimum atomic E-state index is 0. The first-order chi connectivity index (χ1) is 8.20. The van der Waals surface area contributed by atoms with Gasteiger partial charge in [-0.25, -0.2) is 0 Å². The molecule has 5 heteroatoms. The lowest BCUT2D eigenvalue weighted by molar-refractivity contribution is 0.0790. The Hall–Kier alpha value is -1.26. The maximum absolute atomic E-state index is 12.2. The molecule has 1 fully saturated rings. The third kappa shape index (κ3) is 3.37. The molecule has 2 N–H and O–H groups in total. The van der Waals surface area contributed by atoms with Gasteiger partial charge in [-0.3, -0.25) is 4.79 Å². The molecule has 2 rings (SSSR count). The Kier molecular flexibility index (Phi) is 5.44. The molecule has 1 atom stereocenters. The lowest BCUT2D eigenvalue weighted by Crippen LogP contribution is -2.31. The van der Waals surface area contributed by atoms with Gasteiger partial charge in [0, 0.05) is 24.7 Å². The molecule has 0 aromatic heterocycles. The summed E-state index contributed by atoms with van der Waals surface area (Å²) >= 11 is 0. The summed E-state index contributed by atoms with van der Waals surface area (Å²) in [6.07, 6.45) is 0.886. The number of carbonyl (C=O) groups is 1. The lowest BCUT2D eigenvalue weighted by atomic mass is 10.2. The van der Waals surface area contributed by atoms with E-state index in [1.165, 1.54) is 0 Å². The number of benzene rings is 1. The summed E-state index contributed by atoms with van der Waals surface area (Å²) in [6, 6.07) is 7.42. The lowest BCUT2D eigenvalue weighted by Gasteiger charge is -2.16. The van der Waals surface area contributed by atoms with Crippen LogP contribution in [0.4, 0.5) is 0 Å². The monoisotopic (exact) mass is 270 g/mol. The molecule has 1 aliphatic heterocycles. The predicted octanol–water partition coefficient (Wildman–Crippen LogP) is 1.68. The zero-order chi connectivity index (χ0) is 12.3. The molecule has 0 aliphatic carbocycles. The van der Waals surface area contributed by atoms with Gasteiger partial charge in [0.05, 0.1) is 6.61 Å². The first kappa shape index (κ1) is 14.8. The standard InChI is InChI=1S/C13H18N2O2.ClH/c1-2-17-12-5-3-4-10(8-12)13(16)15-7-6-11(14)9-15;/h3-5,8,11H,2,6-7,9,14H2,1H3;1H/t11-;/m1./s1. The zero-order valence-electron chi connectivity index (χ0n) is 10.5. The van der Waals surface area contributed by atoms with Crippen LogP contribution in [0.1, 0.15) is 23.7 Å². The molecule has 0 unspecified atom stereocenters. The molecule has 18 heavy (non-hydrogen) atoms. The van der Waals surface area contributed by atoms with Gasteiger partial charge in [-0.15, -0.1) is 12.4 Å². The number of ether oxygens (including phenoxy) is 1. The minimum absolute atomic E-state index is 0. The first-order valence-electron chi connectivity index (χ1n) is 5.98. The highest BCUT2D eigenvalue weighted by atomic mass is 35.5. The quantitative estimate of drug-likeness (QED) is 0.909. The van der Waals surface area contributed by atoms with Crippen molar-refractivity contribution in [1.29, 1.82) is 0 Å². The van der Waals surface area contributed by atoms with Crippen molar-refractivity contribution in [2.45, 2.75) is 19.4 Å². The van der Waals surface area contributed by atoms with Crippen LogP contribution in [-0.4, -0.2) is 36.5 Å². The summed E-state index contributed by atoms with van der Waals surface area (Å²) in [5.74, 6) is 0.779. The number of rotatable bonds is 3. The molecular formula is C13H19ClN2O2. The summed E-state index contributed by atoms with van der Waals surface area (Å²) in [5, 5.41) is 0. The van der Waals surface area contributed by atoms with Crippen molar-refractivity contribution in [3.05, 3.63) is 29.8 Å². The van der Waals surface area contributed by atoms with Crippen LogP contribution in [0.15, 0.2) is 24.3 Å². The van der Waals surface area contributed by atoms with E-state index in [0.717, 1.165) is 18.7 Å². The normalized spacial score (nSPS) is 18.3. The van der Waals surface area contributed by atoms with Gasteiger partial charge in [0.2, 0.25) is 0 Å². The van der Waals surface area contributed by atoms with Gasteiger partial charge < -0.3 is 15.4 Å². The Morgan fingerprint density at radius 3 is 2.94 bits per heavy atom. The zero-order valence-corrected chi connectivity index (χ0v) is 11.3. The smallest absolute Gasteiger partial charge is 0.254 e. The molecule has 4 nitrogen and oxygen atoms in total. The molecule has 1 aliphatic rings. The number of nitrogens with two attached hydrogens (primary N) is 1. The second-order valence-corrected chi connectivity index (χ2v) is 4.26. The summed E-state index contributed by atoms with van der Waals surface area (Å²) in [7, 11) is 0. The molecule has 0 radical (unpaired) electrons. The van der Waals surface area contributed by atoms with Crippen molar-refractivity contribution in [2.24, 2.45) is 5.73 Å². The Bertz CT molecular complexity index is 412. The van der Waals surface area contributed by atoms with Crippen molar-refractivity contribution in [3.8, 4) is 5.75 Å². The molecule has 100 valence electrons. The summed E-state index contributed by atoms with van der Waals surface area (Å²) in [6.45, 7) is 3.93. The van der Waals surface area contributed by atoms with Gasteiger partial charge in [0.15, 0.2) is 0 Å². The van der Waals surface area contributed by atoms with Crippen LogP contribution in [0.25, 0.3) is 0 Å². The fourth-order valence-electron chi connectivity index (χ4n) is 2.04. The van der Waals surface area contributed by atoms with E-state index in [1.54, 1.807) is 11.0 Å². The van der Waals surface area contributed by atoms with E-state index in [9.17, 15) is 4.79 Å². The molecule has 1 saturated heterocycles. The number of amides is 1. The first-order valence-corrected chi connectivity index (χ1v) is 5.98. The van der Waals surface area contributed by atoms with Crippen molar-refractivity contribution < 1.29 is 9.53 Å². The second kappa shape index (κ2) is 6.61. The van der Waals surface area contributed by atoms with Crippen LogP contribution in [0, 0.1) is 0 Å². The largest absolute Gasteiger partial charge is 0.494 e. The third-order valence-electron chi connectivity index (χ3n) is 2.90. The SMILES string of the molecule is CCOc1cccc(C(=O)N2CC[C@@H](N)C2)c1.Cl. The molecule has 0 saturated carbocycles. The Balaban J connectivity index is 0.00000162. The molecule has 1 aromatic carbocycles. The number of likely N-dealkylation sites (tertiary alicyclic amines) is 1. The Morgan fingerprint density at radius 2 is 2.33 bits per heavy atom. The maximum atomic E-state index is 12.2. The van der Waals surface area contributed by atoms with Crippen molar-refractivity contribution in [3.63, 3.8) is 0 Å². The van der Waals surface area contributed by atoms with Crippen LogP contribution in [0.5, 0.6) is 5.75 Å². The van der Waals surface area contributed by atoms with Gasteiger partial charge in [-0.05, 0) is 31.5 Å². The summed E-state index contributed by atoms with van der Waals surface area (Å²) < 4.78 is 5.39. The molecule has 0 spiro atoms. The highest BCUT2D eigenvalue weighted by molar-refractivity contribution is 5.94. The number of halogens is 1. The van der Waals surface area contributed by atoms with Crippen LogP contribution in [-0.2, 0) is 0 Å². The fraction of sp³-hybridized carbons (Fsp3) is 0.462. The van der Waals surface area contributed by atoms with Crippen molar-refractivity contribution in [2.75, 3.05) is 19.7 Å². The van der Waals surface area contributed by atoms with E-state index in [4.69, 9.17) is 10.5 Å². The molecule has 1 heterocycles. The highest BCUT2D eigenvalue weighted by Gasteiger charge is 2.24. The van der Waals surface area contributed by atoms with E-state index in [1.807, 2.05) is 25.1 Å². The van der Waals surface area contributed by atoms with Crippen molar-refractivity contribution >= 4 is 18.3 Å². The number of hydrogen-bond acceptors (Lipinski definition) is 3. The Morgan fingerprint density at radius 1 is 1.56 bits per heavy atom. The molecule has 1 amide bonds. The average Bonchev–Trinajstić information content (AvgIpc) is 2.76. The molecular weight excluding hydrogens is 252 g/mol. The number of carbonyl (C=O) groups excluding carboxylic acids is 1. The fourth-order valence-corrected chi connectivity index (χ4v) is 2.04. The van der Waals surface area contributed by atoms with Gasteiger partial charge in [0.1, 0.15) is 5.75 Å². The summed E-state index contributed by atoms with van der Waals surface area (Å²) in [5.41, 5.74) is 6.47. The average molecular weight is 271 g/mol. The third-order valence-corrected chi connectivity index (χ3v) is 2.90. The molecule has 0 bridgehead atoms. The summed E-state index contributed by atoms with van der Waals surface area (Å²) in [4.78, 5) is 14.0. The van der Waals surface area contributed by atoms with Crippen LogP contribution in [0.2, 0.25) is 0 Å². The second-order valence-electron chi connectivity index (χ2n) is 4.26. The van der Waals surface area contributed by atoms with Crippen LogP contribution in [0.3, 0.4) is 0 Å². The number of nitrogens with zero attached hydrogens (tertiary/aromatic N) is 1. The van der Waals surface area contributed by atoms with E-state index in [2.05, 4.69) is 0 Å². The molecule has 1 aromatic rings. The Labute approximate surface area is 114 Å². The van der Waals surface area contributed by atoms with Crippen molar-refractivity contribution in [1.82, 2.24) is 4.90 Å². The number of hydrogen-bond donors (Lipinski definition) is 1. The van der Waals surface area contributed by atoms with Crippen LogP contribution >= 0.6 is 12.4 Å². The van der Waals surface area contributed by atoms with Gasteiger partial charge >= 0.3 is 0 Å². The van der Waals surface area contributed by atoms with Gasteiger partial charge in [-0.2, -0.15) is 0 Å². The van der Waals surface area contributed by atoms with Gasteiger partial charge in [0.25, 0.3) is 5.91 Å². The van der Waals surface area contributed by atoms with Crippen LogP contribution < -0.4 is 10.5 Å². The van der Waals surface area contributed by atoms with E-state index in [-0.39, 0.29) is 24.4 Å². The van der Waals surface area contributed by atoms with E-state index < -0.39 is 0 Å². The highest BCUT2D eigenvalue weighted by Crippen LogP contribution is 2.17. The van der Waals surface area contributed by atoms with Gasteiger partial charge in [-0.1, -0.05) is 6.07 Å². The predicted molar refractivity (Wildman–Crippen MR) is 73.4 cm³/mol. The maximum Gasteiger partial charge on any atom is 0.254 e. The minimum Gasteiger partial charge on any atom is -0.494 e. The van der Waals surface area contributed by atoms with E-state index >= 15 is 0 Å². The topological polar surface area (TPSA) is 55.6 Å².